The molecule has 1 aliphatic rings. The molecule has 2 N–H and O–H groups in total. The van der Waals surface area contributed by atoms with Gasteiger partial charge in [-0.3, -0.25) is 4.79 Å². The number of carbonyl (C=O) groups excluding carboxylic acids is 2. The molecule has 1 amide bonds. The molecule has 1 aliphatic heterocycles. The number of nitrogens with one attached hydrogen (secondary N) is 2. The number of aromatic nitrogens is 2. The number of hydrogen-bond donors (Lipinski definition) is 2. The first-order valence-corrected chi connectivity index (χ1v) is 11.4. The zero-order valence-corrected chi connectivity index (χ0v) is 20.1. The van der Waals surface area contributed by atoms with E-state index in [1.165, 1.54) is 7.11 Å². The summed E-state index contributed by atoms with van der Waals surface area (Å²) < 4.78 is 10.4. The van der Waals surface area contributed by atoms with E-state index >= 15 is 0 Å². The topological polar surface area (TPSA) is 129 Å². The van der Waals surface area contributed by atoms with Gasteiger partial charge in [-0.1, -0.05) is 12.1 Å². The van der Waals surface area contributed by atoms with Crippen LogP contribution < -0.4 is 15.5 Å². The lowest BCUT2D eigenvalue weighted by Crippen LogP contribution is -2.37. The number of benzene rings is 2. The van der Waals surface area contributed by atoms with Crippen molar-refractivity contribution in [2.75, 3.05) is 50.2 Å². The molecule has 0 unspecified atom stereocenters. The zero-order chi connectivity index (χ0) is 25.5. The highest BCUT2D eigenvalue weighted by molar-refractivity contribution is 5.97. The SMILES string of the molecule is COC(=O)c1cc(Nc2ncc(C)c(-c3ccc(C(=O)NCC#N)cc3)n2)ccc1N1CCOCC1. The number of nitriles is 1. The number of morpholine rings is 1. The molecule has 184 valence electrons. The van der Waals surface area contributed by atoms with Gasteiger partial charge in [0.25, 0.3) is 5.91 Å². The molecule has 0 aliphatic carbocycles. The second-order valence-corrected chi connectivity index (χ2v) is 8.09. The summed E-state index contributed by atoms with van der Waals surface area (Å²) in [6.45, 7) is 4.45. The van der Waals surface area contributed by atoms with Crippen molar-refractivity contribution in [2.45, 2.75) is 6.92 Å². The molecule has 1 aromatic heterocycles. The van der Waals surface area contributed by atoms with Gasteiger partial charge in [0.1, 0.15) is 6.54 Å². The second kappa shape index (κ2) is 11.3. The third kappa shape index (κ3) is 5.59. The van der Waals surface area contributed by atoms with Gasteiger partial charge in [0, 0.05) is 36.1 Å². The number of hydrogen-bond acceptors (Lipinski definition) is 9. The van der Waals surface area contributed by atoms with Crippen molar-refractivity contribution >= 4 is 29.2 Å². The number of rotatable bonds is 7. The molecule has 0 radical (unpaired) electrons. The Balaban J connectivity index is 1.57. The molecule has 0 spiro atoms. The summed E-state index contributed by atoms with van der Waals surface area (Å²) in [5, 5.41) is 14.3. The fourth-order valence-corrected chi connectivity index (χ4v) is 3.89. The number of amides is 1. The molecule has 1 saturated heterocycles. The number of aryl methyl sites for hydroxylation is 1. The molecule has 10 heteroatoms. The number of ether oxygens (including phenoxy) is 2. The number of anilines is 3. The van der Waals surface area contributed by atoms with Gasteiger partial charge in [-0.25, -0.2) is 14.8 Å². The van der Waals surface area contributed by atoms with Crippen molar-refractivity contribution in [3.05, 3.63) is 65.4 Å². The Hall–Kier alpha value is -4.49. The maximum Gasteiger partial charge on any atom is 0.340 e. The predicted octanol–water partition coefficient (Wildman–Crippen LogP) is 3.07. The normalized spacial score (nSPS) is 13.0. The molecule has 1 fully saturated rings. The molecule has 4 rings (SSSR count). The summed E-state index contributed by atoms with van der Waals surface area (Å²) in [6.07, 6.45) is 1.71. The van der Waals surface area contributed by atoms with E-state index in [1.807, 2.05) is 25.1 Å². The van der Waals surface area contributed by atoms with E-state index in [0.29, 0.717) is 54.8 Å². The molecule has 0 atom stereocenters. The first kappa shape index (κ1) is 24.6. The van der Waals surface area contributed by atoms with E-state index in [9.17, 15) is 9.59 Å². The van der Waals surface area contributed by atoms with E-state index in [0.717, 1.165) is 16.8 Å². The van der Waals surface area contributed by atoms with Gasteiger partial charge >= 0.3 is 5.97 Å². The summed E-state index contributed by atoms with van der Waals surface area (Å²) >= 11 is 0. The highest BCUT2D eigenvalue weighted by Crippen LogP contribution is 2.28. The van der Waals surface area contributed by atoms with Crippen molar-refractivity contribution < 1.29 is 19.1 Å². The Kier molecular flexibility index (Phi) is 7.72. The van der Waals surface area contributed by atoms with Crippen molar-refractivity contribution in [2.24, 2.45) is 0 Å². The van der Waals surface area contributed by atoms with Crippen LogP contribution >= 0.6 is 0 Å². The standard InChI is InChI=1S/C26H26N6O4/c1-17-16-29-26(31-23(17)18-3-5-19(6-4-18)24(33)28-10-9-27)30-20-7-8-22(21(15-20)25(34)35-2)32-11-13-36-14-12-32/h3-8,15-16H,10-14H2,1-2H3,(H,28,33)(H,29,30,31). The number of nitrogens with zero attached hydrogens (tertiary/aromatic N) is 4. The van der Waals surface area contributed by atoms with Crippen LogP contribution in [0.2, 0.25) is 0 Å². The van der Waals surface area contributed by atoms with Crippen LogP contribution in [0, 0.1) is 18.3 Å². The summed E-state index contributed by atoms with van der Waals surface area (Å²) in [7, 11) is 1.36. The monoisotopic (exact) mass is 486 g/mol. The number of esters is 1. The molecule has 0 saturated carbocycles. The van der Waals surface area contributed by atoms with Crippen molar-refractivity contribution in [1.82, 2.24) is 15.3 Å². The minimum Gasteiger partial charge on any atom is -0.465 e. The van der Waals surface area contributed by atoms with Crippen LogP contribution in [0.5, 0.6) is 0 Å². The quantitative estimate of drug-likeness (QED) is 0.382. The van der Waals surface area contributed by atoms with Crippen molar-refractivity contribution in [3.63, 3.8) is 0 Å². The fraction of sp³-hybridized carbons (Fsp3) is 0.269. The molecule has 0 bridgehead atoms. The summed E-state index contributed by atoms with van der Waals surface area (Å²) in [5.41, 5.74) is 4.71. The van der Waals surface area contributed by atoms with E-state index in [4.69, 9.17) is 14.7 Å². The Morgan fingerprint density at radius 3 is 2.61 bits per heavy atom. The third-order valence-electron chi connectivity index (χ3n) is 5.73. The van der Waals surface area contributed by atoms with E-state index in [2.05, 4.69) is 25.5 Å². The molecule has 2 heterocycles. The lowest BCUT2D eigenvalue weighted by atomic mass is 10.1. The summed E-state index contributed by atoms with van der Waals surface area (Å²) in [4.78, 5) is 35.7. The average Bonchev–Trinajstić information content (AvgIpc) is 2.93. The van der Waals surface area contributed by atoms with Crippen LogP contribution in [0.15, 0.2) is 48.7 Å². The Morgan fingerprint density at radius 2 is 1.92 bits per heavy atom. The van der Waals surface area contributed by atoms with Gasteiger partial charge in [0.15, 0.2) is 0 Å². The van der Waals surface area contributed by atoms with Crippen LogP contribution in [0.25, 0.3) is 11.3 Å². The molecular formula is C26H26N6O4. The highest BCUT2D eigenvalue weighted by Gasteiger charge is 2.20. The van der Waals surface area contributed by atoms with E-state index in [-0.39, 0.29) is 12.5 Å². The van der Waals surface area contributed by atoms with Crippen LogP contribution in [-0.2, 0) is 9.47 Å². The average molecular weight is 487 g/mol. The lowest BCUT2D eigenvalue weighted by molar-refractivity contribution is 0.0600. The van der Waals surface area contributed by atoms with Gasteiger partial charge in [-0.05, 0) is 42.8 Å². The van der Waals surface area contributed by atoms with Gasteiger partial charge in [-0.2, -0.15) is 5.26 Å². The maximum atomic E-state index is 12.5. The molecule has 2 aromatic carbocycles. The van der Waals surface area contributed by atoms with Gasteiger partial charge in [0.05, 0.1) is 43.3 Å². The van der Waals surface area contributed by atoms with Crippen LogP contribution in [0.3, 0.4) is 0 Å². The minimum atomic E-state index is -0.426. The maximum absolute atomic E-state index is 12.5. The zero-order valence-electron chi connectivity index (χ0n) is 20.1. The molecule has 36 heavy (non-hydrogen) atoms. The van der Waals surface area contributed by atoms with Crippen molar-refractivity contribution in [1.29, 1.82) is 5.26 Å². The van der Waals surface area contributed by atoms with Crippen LogP contribution in [-0.4, -0.2) is 61.8 Å². The van der Waals surface area contributed by atoms with E-state index in [1.54, 1.807) is 36.5 Å². The Labute approximate surface area is 208 Å². The van der Waals surface area contributed by atoms with Gasteiger partial charge in [-0.15, -0.1) is 0 Å². The first-order valence-electron chi connectivity index (χ1n) is 11.4. The Bertz CT molecular complexity index is 1300. The van der Waals surface area contributed by atoms with Crippen LogP contribution in [0.1, 0.15) is 26.3 Å². The fourth-order valence-electron chi connectivity index (χ4n) is 3.89. The Morgan fingerprint density at radius 1 is 1.17 bits per heavy atom. The summed E-state index contributed by atoms with van der Waals surface area (Å²) in [5.74, 6) is -0.377. The van der Waals surface area contributed by atoms with Gasteiger partial charge in [0.2, 0.25) is 5.95 Å². The van der Waals surface area contributed by atoms with E-state index < -0.39 is 5.97 Å². The largest absolute Gasteiger partial charge is 0.465 e. The predicted molar refractivity (Wildman–Crippen MR) is 134 cm³/mol. The molecule has 3 aromatic rings. The molecular weight excluding hydrogens is 460 g/mol. The highest BCUT2D eigenvalue weighted by atomic mass is 16.5. The second-order valence-electron chi connectivity index (χ2n) is 8.09. The number of carbonyl (C=O) groups is 2. The molecule has 10 nitrogen and oxygen atoms in total. The number of methoxy groups -OCH3 is 1. The van der Waals surface area contributed by atoms with Crippen LogP contribution in [0.4, 0.5) is 17.3 Å². The van der Waals surface area contributed by atoms with Gasteiger partial charge < -0.3 is 25.0 Å². The smallest absolute Gasteiger partial charge is 0.340 e. The lowest BCUT2D eigenvalue weighted by Gasteiger charge is -2.30. The summed E-state index contributed by atoms with van der Waals surface area (Å²) in [6, 6.07) is 14.3. The van der Waals surface area contributed by atoms with Crippen molar-refractivity contribution in [3.8, 4) is 17.3 Å². The third-order valence-corrected chi connectivity index (χ3v) is 5.73. The first-order chi connectivity index (χ1) is 17.5. The minimum absolute atomic E-state index is 0.0499.